The first kappa shape index (κ1) is 23.9. The van der Waals surface area contributed by atoms with Crippen LogP contribution in [0.25, 0.3) is 0 Å². The van der Waals surface area contributed by atoms with Crippen molar-refractivity contribution in [2.24, 2.45) is 5.92 Å². The molecule has 3 rings (SSSR count). The summed E-state index contributed by atoms with van der Waals surface area (Å²) in [4.78, 5) is 13.0. The summed E-state index contributed by atoms with van der Waals surface area (Å²) >= 11 is 0. The molecular formula is C24H32N2O5S. The molecule has 2 aromatic rings. The van der Waals surface area contributed by atoms with E-state index in [0.29, 0.717) is 30.4 Å². The number of rotatable bonds is 9. The van der Waals surface area contributed by atoms with Crippen molar-refractivity contribution in [2.45, 2.75) is 57.8 Å². The Morgan fingerprint density at radius 2 is 1.50 bits per heavy atom. The van der Waals surface area contributed by atoms with E-state index in [-0.39, 0.29) is 22.4 Å². The van der Waals surface area contributed by atoms with Crippen LogP contribution in [0.5, 0.6) is 11.5 Å². The molecule has 1 amide bonds. The van der Waals surface area contributed by atoms with Gasteiger partial charge < -0.3 is 14.8 Å². The smallest absolute Gasteiger partial charge is 0.262 e. The fourth-order valence-electron chi connectivity index (χ4n) is 3.81. The van der Waals surface area contributed by atoms with Crippen molar-refractivity contribution in [3.05, 3.63) is 42.0 Å². The maximum absolute atomic E-state index is 12.9. The lowest BCUT2D eigenvalue weighted by atomic mass is 9.88. The highest BCUT2D eigenvalue weighted by atomic mass is 32.2. The minimum absolute atomic E-state index is 0.0199. The highest BCUT2D eigenvalue weighted by molar-refractivity contribution is 7.92. The topological polar surface area (TPSA) is 93.7 Å². The molecule has 1 aliphatic rings. The number of sulfonamides is 1. The molecule has 0 aliphatic heterocycles. The first-order valence-corrected chi connectivity index (χ1v) is 12.7. The van der Waals surface area contributed by atoms with Crippen molar-refractivity contribution in [1.82, 2.24) is 0 Å². The Bertz CT molecular complexity index is 1030. The third kappa shape index (κ3) is 5.94. The maximum Gasteiger partial charge on any atom is 0.262 e. The van der Waals surface area contributed by atoms with E-state index >= 15 is 0 Å². The molecule has 8 heteroatoms. The summed E-state index contributed by atoms with van der Waals surface area (Å²) in [5, 5.41) is 2.97. The van der Waals surface area contributed by atoms with Crippen LogP contribution in [0.2, 0.25) is 0 Å². The van der Waals surface area contributed by atoms with Crippen molar-refractivity contribution < 1.29 is 22.7 Å². The van der Waals surface area contributed by atoms with Crippen molar-refractivity contribution in [3.8, 4) is 11.5 Å². The molecule has 2 aromatic carbocycles. The van der Waals surface area contributed by atoms with E-state index in [9.17, 15) is 13.2 Å². The van der Waals surface area contributed by atoms with Crippen LogP contribution >= 0.6 is 0 Å². The van der Waals surface area contributed by atoms with Crippen LogP contribution in [0.15, 0.2) is 41.3 Å². The van der Waals surface area contributed by atoms with E-state index in [1.54, 1.807) is 36.4 Å². The number of carbonyl (C=O) groups excluding carboxylic acids is 1. The zero-order valence-electron chi connectivity index (χ0n) is 18.9. The summed E-state index contributed by atoms with van der Waals surface area (Å²) in [6, 6.07) is 9.79. The van der Waals surface area contributed by atoms with E-state index < -0.39 is 10.0 Å². The summed E-state index contributed by atoms with van der Waals surface area (Å²) < 4.78 is 39.9. The van der Waals surface area contributed by atoms with Crippen LogP contribution in [0.4, 0.5) is 11.4 Å². The van der Waals surface area contributed by atoms with Crippen molar-refractivity contribution >= 4 is 27.3 Å². The summed E-state index contributed by atoms with van der Waals surface area (Å²) in [5.74, 6) is 0.655. The Kier molecular flexibility index (Phi) is 8.01. The van der Waals surface area contributed by atoms with Gasteiger partial charge >= 0.3 is 0 Å². The molecule has 7 nitrogen and oxygen atoms in total. The number of nitrogens with one attached hydrogen (secondary N) is 2. The molecule has 32 heavy (non-hydrogen) atoms. The van der Waals surface area contributed by atoms with Crippen LogP contribution in [-0.4, -0.2) is 27.5 Å². The predicted octanol–water partition coefficient (Wildman–Crippen LogP) is 5.11. The molecular weight excluding hydrogens is 428 g/mol. The van der Waals surface area contributed by atoms with Crippen molar-refractivity contribution in [2.75, 3.05) is 23.3 Å². The molecule has 0 bridgehead atoms. The zero-order valence-corrected chi connectivity index (χ0v) is 19.8. The first-order chi connectivity index (χ1) is 15.3. The fourth-order valence-corrected chi connectivity index (χ4v) is 4.87. The molecule has 0 saturated heterocycles. The minimum Gasteiger partial charge on any atom is -0.492 e. The van der Waals surface area contributed by atoms with Crippen molar-refractivity contribution in [3.63, 3.8) is 0 Å². The van der Waals surface area contributed by atoms with Gasteiger partial charge in [-0.15, -0.1) is 0 Å². The first-order valence-electron chi connectivity index (χ1n) is 11.2. The molecule has 0 unspecified atom stereocenters. The third-order valence-corrected chi connectivity index (χ3v) is 6.87. The molecule has 1 aliphatic carbocycles. The van der Waals surface area contributed by atoms with Crippen LogP contribution in [0.1, 0.15) is 51.5 Å². The summed E-state index contributed by atoms with van der Waals surface area (Å²) in [7, 11) is -3.83. The highest BCUT2D eigenvalue weighted by Crippen LogP contribution is 2.38. The second-order valence-electron chi connectivity index (χ2n) is 7.95. The molecule has 174 valence electrons. The summed E-state index contributed by atoms with van der Waals surface area (Å²) in [6.07, 6.45) is 5.03. The normalized spacial score (nSPS) is 14.6. The van der Waals surface area contributed by atoms with Gasteiger partial charge in [0.15, 0.2) is 0 Å². The quantitative estimate of drug-likeness (QED) is 0.542. The number of ether oxygens (including phenoxy) is 2. The van der Waals surface area contributed by atoms with E-state index in [4.69, 9.17) is 9.47 Å². The number of hydrogen-bond acceptors (Lipinski definition) is 5. The molecule has 0 spiro atoms. The summed E-state index contributed by atoms with van der Waals surface area (Å²) in [5.41, 5.74) is 1.70. The predicted molar refractivity (Wildman–Crippen MR) is 126 cm³/mol. The summed E-state index contributed by atoms with van der Waals surface area (Å²) in [6.45, 7) is 6.24. The van der Waals surface area contributed by atoms with Gasteiger partial charge in [0.25, 0.3) is 10.0 Å². The van der Waals surface area contributed by atoms with Gasteiger partial charge in [-0.2, -0.15) is 0 Å². The molecule has 1 saturated carbocycles. The van der Waals surface area contributed by atoms with Crippen LogP contribution in [0, 0.1) is 12.8 Å². The van der Waals surface area contributed by atoms with Gasteiger partial charge in [-0.3, -0.25) is 9.52 Å². The lowest BCUT2D eigenvalue weighted by Gasteiger charge is -2.22. The Labute approximate surface area is 190 Å². The number of anilines is 2. The largest absolute Gasteiger partial charge is 0.492 e. The second-order valence-corrected chi connectivity index (χ2v) is 9.64. The highest BCUT2D eigenvalue weighted by Gasteiger charge is 2.24. The Hall–Kier alpha value is -2.74. The van der Waals surface area contributed by atoms with Crippen LogP contribution in [0.3, 0.4) is 0 Å². The van der Waals surface area contributed by atoms with Gasteiger partial charge in [-0.1, -0.05) is 37.0 Å². The molecule has 0 atom stereocenters. The molecule has 2 N–H and O–H groups in total. The molecule has 1 fully saturated rings. The van der Waals surface area contributed by atoms with Crippen molar-refractivity contribution in [1.29, 1.82) is 0 Å². The lowest BCUT2D eigenvalue weighted by molar-refractivity contribution is -0.120. The molecule has 0 heterocycles. The fraction of sp³-hybridized carbons (Fsp3) is 0.458. The van der Waals surface area contributed by atoms with Gasteiger partial charge in [0.2, 0.25) is 5.91 Å². The monoisotopic (exact) mass is 460 g/mol. The third-order valence-electron chi connectivity index (χ3n) is 5.49. The SMILES string of the molecule is CCOc1cc(NS(=O)(=O)c2ccc(C)cc2)c(OCC)cc1NC(=O)C1CCCCC1. The van der Waals surface area contributed by atoms with Gasteiger partial charge in [-0.05, 0) is 45.7 Å². The van der Waals surface area contributed by atoms with Gasteiger partial charge in [0, 0.05) is 18.1 Å². The van der Waals surface area contributed by atoms with Gasteiger partial charge in [0.05, 0.1) is 29.5 Å². The Balaban J connectivity index is 1.92. The molecule has 0 radical (unpaired) electrons. The lowest BCUT2D eigenvalue weighted by Crippen LogP contribution is -2.25. The standard InChI is InChI=1S/C24H32N2O5S/c1-4-30-22-16-21(26-32(28,29)19-13-11-17(3)12-14-19)23(31-5-2)15-20(22)25-24(27)18-9-7-6-8-10-18/h11-16,18,26H,4-10H2,1-3H3,(H,25,27). The van der Waals surface area contributed by atoms with E-state index in [1.807, 2.05) is 20.8 Å². The maximum atomic E-state index is 12.9. The number of hydrogen-bond donors (Lipinski definition) is 2. The molecule has 0 aromatic heterocycles. The second kappa shape index (κ2) is 10.7. The number of amides is 1. The van der Waals surface area contributed by atoms with Crippen LogP contribution < -0.4 is 19.5 Å². The number of benzene rings is 2. The zero-order chi connectivity index (χ0) is 23.1. The number of carbonyl (C=O) groups is 1. The average molecular weight is 461 g/mol. The average Bonchev–Trinajstić information content (AvgIpc) is 2.77. The van der Waals surface area contributed by atoms with E-state index in [0.717, 1.165) is 37.7 Å². The minimum atomic E-state index is -3.83. The Morgan fingerprint density at radius 3 is 2.09 bits per heavy atom. The van der Waals surface area contributed by atoms with Gasteiger partial charge in [-0.25, -0.2) is 8.42 Å². The van der Waals surface area contributed by atoms with E-state index in [2.05, 4.69) is 10.0 Å². The van der Waals surface area contributed by atoms with Crippen LogP contribution in [-0.2, 0) is 14.8 Å². The van der Waals surface area contributed by atoms with E-state index in [1.165, 1.54) is 0 Å². The number of aryl methyl sites for hydroxylation is 1. The van der Waals surface area contributed by atoms with Gasteiger partial charge in [0.1, 0.15) is 11.5 Å². The Morgan fingerprint density at radius 1 is 0.938 bits per heavy atom.